The van der Waals surface area contributed by atoms with E-state index in [4.69, 9.17) is 5.73 Å². The fraction of sp³-hybridized carbons (Fsp3) is 0.429. The fourth-order valence-electron chi connectivity index (χ4n) is 3.91. The minimum absolute atomic E-state index is 0.0419. The highest BCUT2D eigenvalue weighted by Gasteiger charge is 2.26. The van der Waals surface area contributed by atoms with E-state index in [0.717, 1.165) is 37.7 Å². The third kappa shape index (κ3) is 3.62. The molecule has 7 nitrogen and oxygen atoms in total. The van der Waals surface area contributed by atoms with Crippen LogP contribution in [0.2, 0.25) is 0 Å². The molecule has 0 unspecified atom stereocenters. The van der Waals surface area contributed by atoms with Gasteiger partial charge in [-0.1, -0.05) is 12.5 Å². The maximum atomic E-state index is 12.7. The van der Waals surface area contributed by atoms with Crippen LogP contribution in [0.1, 0.15) is 51.4 Å². The molecule has 7 heteroatoms. The van der Waals surface area contributed by atoms with Crippen LogP contribution in [0.15, 0.2) is 30.6 Å². The summed E-state index contributed by atoms with van der Waals surface area (Å²) in [5, 5.41) is 0. The van der Waals surface area contributed by atoms with E-state index in [9.17, 15) is 9.59 Å². The van der Waals surface area contributed by atoms with E-state index >= 15 is 0 Å². The molecule has 1 aliphatic heterocycles. The molecule has 2 aromatic rings. The summed E-state index contributed by atoms with van der Waals surface area (Å²) in [5.41, 5.74) is 8.91. The Kier molecular flexibility index (Phi) is 5.09. The number of primary amides is 1. The van der Waals surface area contributed by atoms with Gasteiger partial charge in [0.25, 0.3) is 11.8 Å². The number of rotatable bonds is 4. The van der Waals surface area contributed by atoms with Gasteiger partial charge >= 0.3 is 0 Å². The standard InChI is InChI=1S/C21H25N5O2/c1-25(21(28)19-13-23-18(12-24-19)20(22)27)17-6-5-14-7-9-26(16-3-2-4-16)10-8-15(14)11-17/h5-6,11-13,16H,2-4,7-10H2,1H3,(H2,22,27). The molecule has 28 heavy (non-hydrogen) atoms. The van der Waals surface area contributed by atoms with Crippen molar-refractivity contribution in [2.45, 2.75) is 38.1 Å². The summed E-state index contributed by atoms with van der Waals surface area (Å²) < 4.78 is 0. The van der Waals surface area contributed by atoms with Crippen LogP contribution in [-0.4, -0.2) is 52.9 Å². The molecule has 2 heterocycles. The monoisotopic (exact) mass is 379 g/mol. The van der Waals surface area contributed by atoms with Gasteiger partial charge in [0, 0.05) is 31.9 Å². The van der Waals surface area contributed by atoms with E-state index in [0.29, 0.717) is 0 Å². The average molecular weight is 379 g/mol. The number of carbonyl (C=O) groups excluding carboxylic acids is 2. The quantitative estimate of drug-likeness (QED) is 0.875. The van der Waals surface area contributed by atoms with Gasteiger partial charge in [0.2, 0.25) is 0 Å². The molecule has 2 aliphatic rings. The van der Waals surface area contributed by atoms with E-state index in [2.05, 4.69) is 27.0 Å². The highest BCUT2D eigenvalue weighted by atomic mass is 16.2. The second-order valence-corrected chi connectivity index (χ2v) is 7.59. The molecule has 0 spiro atoms. The summed E-state index contributed by atoms with van der Waals surface area (Å²) >= 11 is 0. The lowest BCUT2D eigenvalue weighted by Crippen LogP contribution is -2.41. The highest BCUT2D eigenvalue weighted by Crippen LogP contribution is 2.29. The molecule has 0 atom stereocenters. The molecule has 0 bridgehead atoms. The van der Waals surface area contributed by atoms with E-state index in [1.54, 1.807) is 11.9 Å². The third-order valence-corrected chi connectivity index (χ3v) is 5.93. The van der Waals surface area contributed by atoms with Crippen LogP contribution >= 0.6 is 0 Å². The second-order valence-electron chi connectivity index (χ2n) is 7.59. The lowest BCUT2D eigenvalue weighted by molar-refractivity contribution is 0.0977. The first-order valence-electron chi connectivity index (χ1n) is 9.78. The van der Waals surface area contributed by atoms with Crippen molar-refractivity contribution < 1.29 is 9.59 Å². The van der Waals surface area contributed by atoms with Gasteiger partial charge in [-0.3, -0.25) is 14.5 Å². The maximum Gasteiger partial charge on any atom is 0.278 e. The molecule has 1 saturated carbocycles. The van der Waals surface area contributed by atoms with Gasteiger partial charge in [-0.15, -0.1) is 0 Å². The van der Waals surface area contributed by atoms with Gasteiger partial charge in [-0.25, -0.2) is 9.97 Å². The normalized spacial score (nSPS) is 17.3. The molecule has 1 aromatic carbocycles. The van der Waals surface area contributed by atoms with Crippen LogP contribution in [0.3, 0.4) is 0 Å². The Hall–Kier alpha value is -2.80. The van der Waals surface area contributed by atoms with Crippen molar-refractivity contribution >= 4 is 17.5 Å². The molecule has 2 N–H and O–H groups in total. The fourth-order valence-corrected chi connectivity index (χ4v) is 3.91. The van der Waals surface area contributed by atoms with Crippen molar-refractivity contribution in [1.29, 1.82) is 0 Å². The molecular weight excluding hydrogens is 354 g/mol. The van der Waals surface area contributed by atoms with Gasteiger partial charge in [0.15, 0.2) is 0 Å². The molecular formula is C21H25N5O2. The molecule has 4 rings (SSSR count). The Morgan fingerprint density at radius 3 is 2.36 bits per heavy atom. The van der Waals surface area contributed by atoms with Crippen molar-refractivity contribution in [1.82, 2.24) is 14.9 Å². The number of carbonyl (C=O) groups is 2. The summed E-state index contributed by atoms with van der Waals surface area (Å²) in [6, 6.07) is 7.00. The topological polar surface area (TPSA) is 92.4 Å². The first-order valence-corrected chi connectivity index (χ1v) is 9.78. The molecule has 1 aromatic heterocycles. The largest absolute Gasteiger partial charge is 0.364 e. The highest BCUT2D eigenvalue weighted by molar-refractivity contribution is 6.04. The number of hydrogen-bond acceptors (Lipinski definition) is 5. The second kappa shape index (κ2) is 7.67. The Morgan fingerprint density at radius 2 is 1.75 bits per heavy atom. The lowest BCUT2D eigenvalue weighted by Gasteiger charge is -2.36. The van der Waals surface area contributed by atoms with Crippen molar-refractivity contribution in [3.05, 3.63) is 53.1 Å². The Bertz CT molecular complexity index is 892. The Morgan fingerprint density at radius 1 is 1.07 bits per heavy atom. The van der Waals surface area contributed by atoms with Crippen molar-refractivity contribution in [3.63, 3.8) is 0 Å². The van der Waals surface area contributed by atoms with Crippen molar-refractivity contribution in [2.24, 2.45) is 5.73 Å². The van der Waals surface area contributed by atoms with Gasteiger partial charge in [0.05, 0.1) is 12.4 Å². The number of amides is 2. The minimum Gasteiger partial charge on any atom is -0.364 e. The van der Waals surface area contributed by atoms with Gasteiger partial charge < -0.3 is 10.6 Å². The van der Waals surface area contributed by atoms with Crippen LogP contribution in [0.25, 0.3) is 0 Å². The predicted octanol–water partition coefficient (Wildman–Crippen LogP) is 1.81. The Balaban J connectivity index is 1.49. The van der Waals surface area contributed by atoms with E-state index in [-0.39, 0.29) is 17.3 Å². The zero-order valence-corrected chi connectivity index (χ0v) is 16.1. The van der Waals surface area contributed by atoms with E-state index < -0.39 is 5.91 Å². The molecule has 1 fully saturated rings. The van der Waals surface area contributed by atoms with Crippen LogP contribution in [0, 0.1) is 0 Å². The number of anilines is 1. The van der Waals surface area contributed by atoms with Crippen molar-refractivity contribution in [2.75, 3.05) is 25.0 Å². The third-order valence-electron chi connectivity index (χ3n) is 5.93. The summed E-state index contributed by atoms with van der Waals surface area (Å²) in [5.74, 6) is -0.935. The maximum absolute atomic E-state index is 12.7. The summed E-state index contributed by atoms with van der Waals surface area (Å²) in [6.45, 7) is 2.20. The van der Waals surface area contributed by atoms with E-state index in [1.165, 1.54) is 42.8 Å². The molecule has 2 amide bonds. The van der Waals surface area contributed by atoms with Gasteiger partial charge in [0.1, 0.15) is 11.4 Å². The molecule has 0 radical (unpaired) electrons. The predicted molar refractivity (Wildman–Crippen MR) is 106 cm³/mol. The van der Waals surface area contributed by atoms with Crippen LogP contribution in [-0.2, 0) is 12.8 Å². The van der Waals surface area contributed by atoms with E-state index in [1.807, 2.05) is 6.07 Å². The number of hydrogen-bond donors (Lipinski definition) is 1. The zero-order valence-electron chi connectivity index (χ0n) is 16.1. The van der Waals surface area contributed by atoms with Crippen molar-refractivity contribution in [3.8, 4) is 0 Å². The molecule has 146 valence electrons. The number of benzene rings is 1. The van der Waals surface area contributed by atoms with Crippen LogP contribution < -0.4 is 10.6 Å². The molecule has 0 saturated heterocycles. The number of fused-ring (bicyclic) bond motifs is 1. The Labute approximate surface area is 164 Å². The van der Waals surface area contributed by atoms with Crippen LogP contribution in [0.4, 0.5) is 5.69 Å². The number of nitrogens with zero attached hydrogens (tertiary/aromatic N) is 4. The smallest absolute Gasteiger partial charge is 0.278 e. The number of aromatic nitrogens is 2. The minimum atomic E-state index is -0.665. The zero-order chi connectivity index (χ0) is 19.7. The first kappa shape index (κ1) is 18.6. The average Bonchev–Trinajstić information content (AvgIpc) is 2.88. The van der Waals surface area contributed by atoms with Gasteiger partial charge in [-0.2, -0.15) is 0 Å². The number of nitrogens with two attached hydrogens (primary N) is 1. The summed E-state index contributed by atoms with van der Waals surface area (Å²) in [6.07, 6.45) is 8.60. The van der Waals surface area contributed by atoms with Gasteiger partial charge in [-0.05, 0) is 48.9 Å². The summed E-state index contributed by atoms with van der Waals surface area (Å²) in [4.78, 5) is 36.0. The first-order chi connectivity index (χ1) is 13.5. The summed E-state index contributed by atoms with van der Waals surface area (Å²) in [7, 11) is 1.73. The van der Waals surface area contributed by atoms with Crippen LogP contribution in [0.5, 0.6) is 0 Å². The SMILES string of the molecule is CN(C(=O)c1cnc(C(N)=O)cn1)c1ccc2c(c1)CCN(C1CCC1)CC2. The lowest BCUT2D eigenvalue weighted by atomic mass is 9.91. The molecule has 1 aliphatic carbocycles.